The predicted molar refractivity (Wildman–Crippen MR) is 42.7 cm³/mol. The third-order valence-corrected chi connectivity index (χ3v) is 1.51. The number of carbonyl (C=O) groups excluding carboxylic acids is 1. The molecule has 11 heavy (non-hydrogen) atoms. The SMILES string of the molecule is CCOC(=O)C1=CCN=C1C. The van der Waals surface area contributed by atoms with Crippen LogP contribution in [0.25, 0.3) is 0 Å². The maximum Gasteiger partial charge on any atom is 0.339 e. The highest BCUT2D eigenvalue weighted by Gasteiger charge is 2.15. The van der Waals surface area contributed by atoms with E-state index in [0.29, 0.717) is 18.7 Å². The Morgan fingerprint density at radius 2 is 2.55 bits per heavy atom. The van der Waals surface area contributed by atoms with Gasteiger partial charge in [0, 0.05) is 5.71 Å². The molecular formula is C8H11NO2. The average molecular weight is 153 g/mol. The number of rotatable bonds is 2. The molecule has 0 aromatic heterocycles. The predicted octanol–water partition coefficient (Wildman–Crippen LogP) is 0.950. The van der Waals surface area contributed by atoms with E-state index in [2.05, 4.69) is 4.99 Å². The lowest BCUT2D eigenvalue weighted by molar-refractivity contribution is -0.137. The van der Waals surface area contributed by atoms with E-state index in [0.717, 1.165) is 5.71 Å². The summed E-state index contributed by atoms with van der Waals surface area (Å²) in [5.41, 5.74) is 1.40. The van der Waals surface area contributed by atoms with E-state index in [-0.39, 0.29) is 5.97 Å². The lowest BCUT2D eigenvalue weighted by atomic mass is 10.2. The van der Waals surface area contributed by atoms with Gasteiger partial charge in [-0.15, -0.1) is 0 Å². The number of esters is 1. The molecule has 1 aliphatic heterocycles. The molecule has 0 unspecified atom stereocenters. The van der Waals surface area contributed by atoms with Crippen molar-refractivity contribution in [3.63, 3.8) is 0 Å². The molecule has 0 radical (unpaired) electrons. The van der Waals surface area contributed by atoms with Gasteiger partial charge in [-0.2, -0.15) is 0 Å². The first-order valence-electron chi connectivity index (χ1n) is 3.64. The summed E-state index contributed by atoms with van der Waals surface area (Å²) in [7, 11) is 0. The van der Waals surface area contributed by atoms with Gasteiger partial charge in [0.15, 0.2) is 0 Å². The maximum atomic E-state index is 11.1. The summed E-state index contributed by atoms with van der Waals surface area (Å²) in [6.45, 7) is 4.64. The number of carbonyl (C=O) groups is 1. The second kappa shape index (κ2) is 3.32. The molecular weight excluding hydrogens is 142 g/mol. The van der Waals surface area contributed by atoms with Gasteiger partial charge in [0.25, 0.3) is 0 Å². The van der Waals surface area contributed by atoms with Crippen LogP contribution in [-0.4, -0.2) is 24.8 Å². The Morgan fingerprint density at radius 1 is 1.82 bits per heavy atom. The molecule has 3 heteroatoms. The monoisotopic (exact) mass is 153 g/mol. The largest absolute Gasteiger partial charge is 0.462 e. The van der Waals surface area contributed by atoms with E-state index in [1.165, 1.54) is 0 Å². The van der Waals surface area contributed by atoms with E-state index in [1.54, 1.807) is 13.0 Å². The molecule has 0 fully saturated rings. The number of hydrogen-bond donors (Lipinski definition) is 0. The second-order valence-electron chi connectivity index (χ2n) is 2.26. The summed E-state index contributed by atoms with van der Waals surface area (Å²) in [6, 6.07) is 0. The number of ether oxygens (including phenoxy) is 1. The van der Waals surface area contributed by atoms with Gasteiger partial charge in [-0.05, 0) is 19.9 Å². The van der Waals surface area contributed by atoms with Crippen LogP contribution in [-0.2, 0) is 9.53 Å². The summed E-state index contributed by atoms with van der Waals surface area (Å²) in [6.07, 6.45) is 1.79. The summed E-state index contributed by atoms with van der Waals surface area (Å²) in [5.74, 6) is -0.258. The van der Waals surface area contributed by atoms with Crippen LogP contribution in [0.4, 0.5) is 0 Å². The first-order chi connectivity index (χ1) is 5.25. The zero-order valence-corrected chi connectivity index (χ0v) is 6.76. The molecule has 0 saturated heterocycles. The Morgan fingerprint density at radius 3 is 3.00 bits per heavy atom. The first-order valence-corrected chi connectivity index (χ1v) is 3.64. The quantitative estimate of drug-likeness (QED) is 0.554. The maximum absolute atomic E-state index is 11.1. The number of hydrogen-bond acceptors (Lipinski definition) is 3. The molecule has 0 saturated carbocycles. The molecule has 1 heterocycles. The topological polar surface area (TPSA) is 38.7 Å². The fourth-order valence-corrected chi connectivity index (χ4v) is 0.947. The molecule has 0 aromatic rings. The van der Waals surface area contributed by atoms with Crippen molar-refractivity contribution in [3.05, 3.63) is 11.6 Å². The molecule has 1 aliphatic rings. The number of aliphatic imine (C=N–C) groups is 1. The van der Waals surface area contributed by atoms with Crippen LogP contribution in [0.1, 0.15) is 13.8 Å². The van der Waals surface area contributed by atoms with Crippen molar-refractivity contribution >= 4 is 11.7 Å². The van der Waals surface area contributed by atoms with E-state index >= 15 is 0 Å². The highest BCUT2D eigenvalue weighted by atomic mass is 16.5. The first kappa shape index (κ1) is 7.98. The molecule has 1 rings (SSSR count). The van der Waals surface area contributed by atoms with Gasteiger partial charge in [0.05, 0.1) is 18.7 Å². The third kappa shape index (κ3) is 1.67. The highest BCUT2D eigenvalue weighted by molar-refractivity contribution is 6.19. The van der Waals surface area contributed by atoms with Gasteiger partial charge >= 0.3 is 5.97 Å². The van der Waals surface area contributed by atoms with Gasteiger partial charge in [-0.3, -0.25) is 4.99 Å². The van der Waals surface area contributed by atoms with Crippen molar-refractivity contribution < 1.29 is 9.53 Å². The fraction of sp³-hybridized carbons (Fsp3) is 0.500. The zero-order valence-electron chi connectivity index (χ0n) is 6.76. The van der Waals surface area contributed by atoms with Crippen LogP contribution in [0.15, 0.2) is 16.6 Å². The summed E-state index contributed by atoms with van der Waals surface area (Å²) >= 11 is 0. The van der Waals surface area contributed by atoms with Crippen molar-refractivity contribution in [2.24, 2.45) is 4.99 Å². The van der Waals surface area contributed by atoms with E-state index in [9.17, 15) is 4.79 Å². The second-order valence-corrected chi connectivity index (χ2v) is 2.26. The van der Waals surface area contributed by atoms with Gasteiger partial charge in [0.1, 0.15) is 0 Å². The molecule has 0 amide bonds. The van der Waals surface area contributed by atoms with Gasteiger partial charge < -0.3 is 4.74 Å². The minimum Gasteiger partial charge on any atom is -0.462 e. The van der Waals surface area contributed by atoms with Gasteiger partial charge in [-0.25, -0.2) is 4.79 Å². The molecule has 0 aliphatic carbocycles. The van der Waals surface area contributed by atoms with Crippen molar-refractivity contribution in [3.8, 4) is 0 Å². The van der Waals surface area contributed by atoms with Crippen molar-refractivity contribution in [2.45, 2.75) is 13.8 Å². The van der Waals surface area contributed by atoms with Crippen LogP contribution in [0.3, 0.4) is 0 Å². The molecule has 0 bridgehead atoms. The van der Waals surface area contributed by atoms with Crippen LogP contribution in [0.5, 0.6) is 0 Å². The smallest absolute Gasteiger partial charge is 0.339 e. The Bertz CT molecular complexity index is 228. The normalized spacial score (nSPS) is 15.8. The fourth-order valence-electron chi connectivity index (χ4n) is 0.947. The molecule has 3 nitrogen and oxygen atoms in total. The summed E-state index contributed by atoms with van der Waals surface area (Å²) in [4.78, 5) is 15.1. The van der Waals surface area contributed by atoms with E-state index in [1.807, 2.05) is 6.92 Å². The van der Waals surface area contributed by atoms with Crippen LogP contribution < -0.4 is 0 Å². The molecule has 60 valence electrons. The molecule has 0 spiro atoms. The van der Waals surface area contributed by atoms with Crippen LogP contribution >= 0.6 is 0 Å². The van der Waals surface area contributed by atoms with Crippen molar-refractivity contribution in [2.75, 3.05) is 13.2 Å². The lowest BCUT2D eigenvalue weighted by Gasteiger charge is -2.01. The van der Waals surface area contributed by atoms with Gasteiger partial charge in [-0.1, -0.05) is 0 Å². The summed E-state index contributed by atoms with van der Waals surface area (Å²) < 4.78 is 4.81. The highest BCUT2D eigenvalue weighted by Crippen LogP contribution is 2.07. The zero-order chi connectivity index (χ0) is 8.27. The Hall–Kier alpha value is -1.12. The minimum absolute atomic E-state index is 0.258. The third-order valence-electron chi connectivity index (χ3n) is 1.51. The van der Waals surface area contributed by atoms with Crippen molar-refractivity contribution in [1.82, 2.24) is 0 Å². The molecule has 0 atom stereocenters. The standard InChI is InChI=1S/C8H11NO2/c1-3-11-8(10)7-4-5-9-6(7)2/h4H,3,5H2,1-2H3. The van der Waals surface area contributed by atoms with Crippen LogP contribution in [0.2, 0.25) is 0 Å². The van der Waals surface area contributed by atoms with Gasteiger partial charge in [0.2, 0.25) is 0 Å². The van der Waals surface area contributed by atoms with E-state index in [4.69, 9.17) is 4.74 Å². The minimum atomic E-state index is -0.258. The number of nitrogens with zero attached hydrogens (tertiary/aromatic N) is 1. The Balaban J connectivity index is 2.61. The molecule has 0 N–H and O–H groups in total. The average Bonchev–Trinajstić information content (AvgIpc) is 2.36. The Kier molecular flexibility index (Phi) is 2.41. The lowest BCUT2D eigenvalue weighted by Crippen LogP contribution is -2.11. The molecule has 0 aromatic carbocycles. The Labute approximate surface area is 65.8 Å². The van der Waals surface area contributed by atoms with Crippen molar-refractivity contribution in [1.29, 1.82) is 0 Å². The summed E-state index contributed by atoms with van der Waals surface area (Å²) in [5, 5.41) is 0. The van der Waals surface area contributed by atoms with Crippen LogP contribution in [0, 0.1) is 0 Å². The van der Waals surface area contributed by atoms with E-state index < -0.39 is 0 Å².